The average molecular weight is 271 g/mol. The van der Waals surface area contributed by atoms with Gasteiger partial charge in [0, 0.05) is 31.9 Å². The first-order valence-electron chi connectivity index (χ1n) is 7.24. The van der Waals surface area contributed by atoms with Gasteiger partial charge in [-0.3, -0.25) is 4.79 Å². The van der Waals surface area contributed by atoms with Crippen molar-refractivity contribution in [1.29, 1.82) is 5.26 Å². The molecule has 1 unspecified atom stereocenters. The zero-order valence-electron chi connectivity index (χ0n) is 12.0. The normalized spacial score (nSPS) is 16.6. The highest BCUT2D eigenvalue weighted by atomic mass is 16.2. The molecule has 1 heterocycles. The first-order chi connectivity index (χ1) is 9.76. The lowest BCUT2D eigenvalue weighted by Crippen LogP contribution is -2.50. The summed E-state index contributed by atoms with van der Waals surface area (Å²) in [6.07, 6.45) is 1.53. The van der Waals surface area contributed by atoms with Gasteiger partial charge < -0.3 is 9.80 Å². The molecule has 2 rings (SSSR count). The van der Waals surface area contributed by atoms with Crippen molar-refractivity contribution in [3.05, 3.63) is 30.3 Å². The van der Waals surface area contributed by atoms with E-state index in [0.717, 1.165) is 19.5 Å². The standard InChI is InChI=1S/C16H21N3O/c1-2-6-14(13-17)16(20)19-11-9-18(10-12-19)15-7-4-3-5-8-15/h3-5,7-8,14H,2,6,9-12H2,1H3. The highest BCUT2D eigenvalue weighted by Gasteiger charge is 2.26. The Morgan fingerprint density at radius 3 is 2.45 bits per heavy atom. The molecule has 0 saturated carbocycles. The summed E-state index contributed by atoms with van der Waals surface area (Å²) in [7, 11) is 0. The van der Waals surface area contributed by atoms with Crippen molar-refractivity contribution in [1.82, 2.24) is 4.90 Å². The Morgan fingerprint density at radius 2 is 1.90 bits per heavy atom. The molecular formula is C16H21N3O. The van der Waals surface area contributed by atoms with Gasteiger partial charge in [-0.25, -0.2) is 0 Å². The van der Waals surface area contributed by atoms with E-state index in [1.54, 1.807) is 0 Å². The molecule has 106 valence electrons. The van der Waals surface area contributed by atoms with Crippen LogP contribution in [0.3, 0.4) is 0 Å². The molecule has 4 nitrogen and oxygen atoms in total. The number of carbonyl (C=O) groups excluding carboxylic acids is 1. The Hall–Kier alpha value is -2.02. The minimum absolute atomic E-state index is 0.00191. The topological polar surface area (TPSA) is 47.3 Å². The van der Waals surface area contributed by atoms with E-state index >= 15 is 0 Å². The van der Waals surface area contributed by atoms with Crippen LogP contribution in [-0.2, 0) is 4.79 Å². The fraction of sp³-hybridized carbons (Fsp3) is 0.500. The highest BCUT2D eigenvalue weighted by Crippen LogP contribution is 2.17. The molecule has 1 aromatic carbocycles. The Labute approximate surface area is 120 Å². The van der Waals surface area contributed by atoms with Crippen molar-refractivity contribution >= 4 is 11.6 Å². The maximum absolute atomic E-state index is 12.2. The molecule has 0 radical (unpaired) electrons. The Bertz CT molecular complexity index is 472. The SMILES string of the molecule is CCCC(C#N)C(=O)N1CCN(c2ccccc2)CC1. The van der Waals surface area contributed by atoms with Gasteiger partial charge in [-0.15, -0.1) is 0 Å². The van der Waals surface area contributed by atoms with Gasteiger partial charge in [0.15, 0.2) is 0 Å². The predicted molar refractivity (Wildman–Crippen MR) is 79.2 cm³/mol. The van der Waals surface area contributed by atoms with Crippen molar-refractivity contribution in [3.8, 4) is 6.07 Å². The third kappa shape index (κ3) is 3.30. The maximum atomic E-state index is 12.2. The number of hydrogen-bond donors (Lipinski definition) is 0. The lowest BCUT2D eigenvalue weighted by atomic mass is 10.0. The number of nitriles is 1. The van der Waals surface area contributed by atoms with E-state index in [9.17, 15) is 4.79 Å². The van der Waals surface area contributed by atoms with E-state index in [1.165, 1.54) is 5.69 Å². The lowest BCUT2D eigenvalue weighted by molar-refractivity contribution is -0.134. The molecule has 1 aliphatic rings. The van der Waals surface area contributed by atoms with E-state index in [4.69, 9.17) is 5.26 Å². The van der Waals surface area contributed by atoms with Crippen LogP contribution in [0, 0.1) is 17.2 Å². The molecule has 0 bridgehead atoms. The number of para-hydroxylation sites is 1. The van der Waals surface area contributed by atoms with Gasteiger partial charge >= 0.3 is 0 Å². The lowest BCUT2D eigenvalue weighted by Gasteiger charge is -2.36. The third-order valence-electron chi connectivity index (χ3n) is 3.74. The minimum Gasteiger partial charge on any atom is -0.368 e. The van der Waals surface area contributed by atoms with E-state index in [1.807, 2.05) is 30.0 Å². The van der Waals surface area contributed by atoms with Crippen LogP contribution in [0.15, 0.2) is 30.3 Å². The fourth-order valence-corrected chi connectivity index (χ4v) is 2.58. The van der Waals surface area contributed by atoms with Gasteiger partial charge in [-0.1, -0.05) is 31.5 Å². The summed E-state index contributed by atoms with van der Waals surface area (Å²) >= 11 is 0. The molecule has 4 heteroatoms. The Balaban J connectivity index is 1.91. The summed E-state index contributed by atoms with van der Waals surface area (Å²) in [5, 5.41) is 9.08. The first-order valence-corrected chi connectivity index (χ1v) is 7.24. The summed E-state index contributed by atoms with van der Waals surface area (Å²) in [4.78, 5) is 16.4. The van der Waals surface area contributed by atoms with Gasteiger partial charge in [0.2, 0.25) is 5.91 Å². The maximum Gasteiger partial charge on any atom is 0.240 e. The molecule has 20 heavy (non-hydrogen) atoms. The smallest absolute Gasteiger partial charge is 0.240 e. The second-order valence-corrected chi connectivity index (χ2v) is 5.12. The number of rotatable bonds is 4. The van der Waals surface area contributed by atoms with E-state index in [-0.39, 0.29) is 5.91 Å². The summed E-state index contributed by atoms with van der Waals surface area (Å²) in [5.74, 6) is -0.467. The number of anilines is 1. The quantitative estimate of drug-likeness (QED) is 0.844. The molecule has 0 aliphatic carbocycles. The van der Waals surface area contributed by atoms with Crippen LogP contribution in [0.5, 0.6) is 0 Å². The molecule has 0 N–H and O–H groups in total. The third-order valence-corrected chi connectivity index (χ3v) is 3.74. The molecule has 1 saturated heterocycles. The van der Waals surface area contributed by atoms with Crippen molar-refractivity contribution < 1.29 is 4.79 Å². The Kier molecular flexibility index (Phi) is 5.00. The van der Waals surface area contributed by atoms with Gasteiger partial charge in [0.25, 0.3) is 0 Å². The van der Waals surface area contributed by atoms with E-state index < -0.39 is 5.92 Å². The molecule has 1 aromatic rings. The van der Waals surface area contributed by atoms with Gasteiger partial charge in [-0.2, -0.15) is 5.26 Å². The Morgan fingerprint density at radius 1 is 1.25 bits per heavy atom. The van der Waals surface area contributed by atoms with Crippen molar-refractivity contribution in [2.75, 3.05) is 31.1 Å². The average Bonchev–Trinajstić information content (AvgIpc) is 2.53. The number of nitrogens with zero attached hydrogens (tertiary/aromatic N) is 3. The first kappa shape index (κ1) is 14.4. The monoisotopic (exact) mass is 271 g/mol. The number of benzene rings is 1. The second-order valence-electron chi connectivity index (χ2n) is 5.12. The molecule has 1 fully saturated rings. The van der Waals surface area contributed by atoms with Crippen LogP contribution in [-0.4, -0.2) is 37.0 Å². The molecule has 0 spiro atoms. The minimum atomic E-state index is -0.469. The number of hydrogen-bond acceptors (Lipinski definition) is 3. The zero-order chi connectivity index (χ0) is 14.4. The summed E-state index contributed by atoms with van der Waals surface area (Å²) in [6, 6.07) is 12.4. The summed E-state index contributed by atoms with van der Waals surface area (Å²) in [6.45, 7) is 5.08. The zero-order valence-corrected chi connectivity index (χ0v) is 12.0. The molecular weight excluding hydrogens is 250 g/mol. The molecule has 1 amide bonds. The number of carbonyl (C=O) groups is 1. The second kappa shape index (κ2) is 6.95. The largest absolute Gasteiger partial charge is 0.368 e. The van der Waals surface area contributed by atoms with Crippen molar-refractivity contribution in [2.45, 2.75) is 19.8 Å². The van der Waals surface area contributed by atoms with Gasteiger partial charge in [-0.05, 0) is 18.6 Å². The van der Waals surface area contributed by atoms with Crippen LogP contribution >= 0.6 is 0 Å². The predicted octanol–water partition coefficient (Wildman–Crippen LogP) is 2.28. The summed E-state index contributed by atoms with van der Waals surface area (Å²) < 4.78 is 0. The van der Waals surface area contributed by atoms with Gasteiger partial charge in [0.1, 0.15) is 5.92 Å². The number of piperazine rings is 1. The molecule has 1 aliphatic heterocycles. The summed E-state index contributed by atoms with van der Waals surface area (Å²) in [5.41, 5.74) is 1.20. The van der Waals surface area contributed by atoms with Gasteiger partial charge in [0.05, 0.1) is 6.07 Å². The van der Waals surface area contributed by atoms with Crippen LogP contribution < -0.4 is 4.90 Å². The molecule has 0 aromatic heterocycles. The van der Waals surface area contributed by atoms with E-state index in [2.05, 4.69) is 23.1 Å². The van der Waals surface area contributed by atoms with Crippen LogP contribution in [0.25, 0.3) is 0 Å². The van der Waals surface area contributed by atoms with Crippen molar-refractivity contribution in [3.63, 3.8) is 0 Å². The van der Waals surface area contributed by atoms with Crippen molar-refractivity contribution in [2.24, 2.45) is 5.92 Å². The van der Waals surface area contributed by atoms with Crippen LogP contribution in [0.2, 0.25) is 0 Å². The van der Waals surface area contributed by atoms with Crippen LogP contribution in [0.1, 0.15) is 19.8 Å². The molecule has 1 atom stereocenters. The fourth-order valence-electron chi connectivity index (χ4n) is 2.58. The van der Waals surface area contributed by atoms with E-state index in [0.29, 0.717) is 19.5 Å². The van der Waals surface area contributed by atoms with Crippen LogP contribution in [0.4, 0.5) is 5.69 Å². The highest BCUT2D eigenvalue weighted by molar-refractivity contribution is 5.81. The number of amides is 1.